The normalized spacial score (nSPS) is 12.0. The molecule has 0 unspecified atom stereocenters. The van der Waals surface area contributed by atoms with Crippen LogP contribution in [0.5, 0.6) is 0 Å². The number of nitrogens with two attached hydrogens (primary N) is 2. The number of nitrogens with zero attached hydrogens (tertiary/aromatic N) is 1. The van der Waals surface area contributed by atoms with Gasteiger partial charge in [-0.2, -0.15) is 4.99 Å². The topological polar surface area (TPSA) is 116 Å². The van der Waals surface area contributed by atoms with Crippen molar-refractivity contribution >= 4 is 21.7 Å². The number of amides is 1. The third kappa shape index (κ3) is 3.80. The van der Waals surface area contributed by atoms with Gasteiger partial charge in [0.05, 0.1) is 4.90 Å². The van der Waals surface area contributed by atoms with E-state index in [1.54, 1.807) is 6.07 Å². The minimum absolute atomic E-state index is 0.113. The van der Waals surface area contributed by atoms with Crippen molar-refractivity contribution in [2.45, 2.75) is 31.1 Å². The van der Waals surface area contributed by atoms with Gasteiger partial charge < -0.3 is 11.5 Å². The van der Waals surface area contributed by atoms with E-state index in [0.29, 0.717) is 5.56 Å². The quantitative estimate of drug-likeness (QED) is 0.618. The van der Waals surface area contributed by atoms with Crippen molar-refractivity contribution < 1.29 is 13.2 Å². The standard InChI is InChI=1S/C13H19N3O3S/c1-13(2,3)9-6-5-8(11(17)16-12(14)15)7-10(9)20(4,18)19/h5-7H,1-4H3,(H4,14,15,16,17). The average Bonchev–Trinajstić information content (AvgIpc) is 2.24. The molecule has 1 aromatic carbocycles. The van der Waals surface area contributed by atoms with Crippen LogP contribution in [0.25, 0.3) is 0 Å². The third-order valence-electron chi connectivity index (χ3n) is 2.67. The lowest BCUT2D eigenvalue weighted by Gasteiger charge is -2.22. The molecule has 6 nitrogen and oxygen atoms in total. The Kier molecular flexibility index (Phi) is 4.24. The van der Waals surface area contributed by atoms with Crippen LogP contribution >= 0.6 is 0 Å². The van der Waals surface area contributed by atoms with E-state index in [-0.39, 0.29) is 21.8 Å². The zero-order valence-electron chi connectivity index (χ0n) is 12.0. The van der Waals surface area contributed by atoms with E-state index in [0.717, 1.165) is 6.26 Å². The van der Waals surface area contributed by atoms with Gasteiger partial charge in [-0.15, -0.1) is 0 Å². The first-order valence-electron chi connectivity index (χ1n) is 5.91. The molecule has 0 saturated carbocycles. The second-order valence-electron chi connectivity index (χ2n) is 5.57. The largest absolute Gasteiger partial charge is 0.370 e. The Morgan fingerprint density at radius 1 is 1.20 bits per heavy atom. The van der Waals surface area contributed by atoms with E-state index < -0.39 is 15.7 Å². The van der Waals surface area contributed by atoms with Crippen LogP contribution in [0.3, 0.4) is 0 Å². The second kappa shape index (κ2) is 5.24. The monoisotopic (exact) mass is 297 g/mol. The molecule has 7 heteroatoms. The lowest BCUT2D eigenvalue weighted by atomic mass is 9.86. The highest BCUT2D eigenvalue weighted by atomic mass is 32.2. The Balaban J connectivity index is 3.52. The summed E-state index contributed by atoms with van der Waals surface area (Å²) in [5, 5.41) is 0. The molecule has 110 valence electrons. The number of carbonyl (C=O) groups excluding carboxylic acids is 1. The summed E-state index contributed by atoms with van der Waals surface area (Å²) in [6.07, 6.45) is 1.10. The molecule has 0 radical (unpaired) electrons. The molecule has 0 aromatic heterocycles. The maximum Gasteiger partial charge on any atom is 0.280 e. The molecule has 1 amide bonds. The average molecular weight is 297 g/mol. The number of aliphatic imine (C=N–C) groups is 1. The molecule has 4 N–H and O–H groups in total. The van der Waals surface area contributed by atoms with Crippen molar-refractivity contribution in [2.75, 3.05) is 6.26 Å². The summed E-state index contributed by atoms with van der Waals surface area (Å²) in [4.78, 5) is 15.3. The fourth-order valence-corrected chi connectivity index (χ4v) is 2.88. The summed E-state index contributed by atoms with van der Waals surface area (Å²) in [5.74, 6) is -1.04. The number of carbonyl (C=O) groups is 1. The maximum atomic E-state index is 11.9. The smallest absolute Gasteiger partial charge is 0.280 e. The van der Waals surface area contributed by atoms with Gasteiger partial charge in [-0.3, -0.25) is 4.79 Å². The summed E-state index contributed by atoms with van der Waals surface area (Å²) in [6, 6.07) is 4.45. The molecule has 1 aromatic rings. The number of hydrogen-bond donors (Lipinski definition) is 2. The van der Waals surface area contributed by atoms with Crippen LogP contribution in [0, 0.1) is 0 Å². The lowest BCUT2D eigenvalue weighted by molar-refractivity contribution is 0.100. The number of benzene rings is 1. The van der Waals surface area contributed by atoms with E-state index in [9.17, 15) is 13.2 Å². The maximum absolute atomic E-state index is 11.9. The van der Waals surface area contributed by atoms with Crippen LogP contribution in [0.4, 0.5) is 0 Å². The molecule has 0 heterocycles. The molecule has 1 rings (SSSR count). The van der Waals surface area contributed by atoms with E-state index in [2.05, 4.69) is 4.99 Å². The fraction of sp³-hybridized carbons (Fsp3) is 0.385. The minimum Gasteiger partial charge on any atom is -0.370 e. The molecule has 0 bridgehead atoms. The van der Waals surface area contributed by atoms with Gasteiger partial charge in [-0.1, -0.05) is 26.8 Å². The molecule has 0 fully saturated rings. The first kappa shape index (κ1) is 16.2. The van der Waals surface area contributed by atoms with E-state index in [4.69, 9.17) is 11.5 Å². The van der Waals surface area contributed by atoms with Crippen molar-refractivity contribution in [2.24, 2.45) is 16.5 Å². The van der Waals surface area contributed by atoms with Crippen LogP contribution in [-0.4, -0.2) is 26.5 Å². The first-order chi connectivity index (χ1) is 8.93. The Morgan fingerprint density at radius 2 is 1.75 bits per heavy atom. The van der Waals surface area contributed by atoms with Gasteiger partial charge in [0.2, 0.25) is 0 Å². The number of hydrogen-bond acceptors (Lipinski definition) is 3. The Labute approximate surface area is 118 Å². The zero-order chi connectivity index (χ0) is 15.7. The van der Waals surface area contributed by atoms with Crippen LogP contribution in [0.15, 0.2) is 28.1 Å². The van der Waals surface area contributed by atoms with Gasteiger partial charge in [0.25, 0.3) is 5.91 Å². The van der Waals surface area contributed by atoms with Crippen molar-refractivity contribution in [1.82, 2.24) is 0 Å². The van der Waals surface area contributed by atoms with E-state index >= 15 is 0 Å². The second-order valence-corrected chi connectivity index (χ2v) is 7.56. The highest BCUT2D eigenvalue weighted by molar-refractivity contribution is 7.90. The third-order valence-corrected chi connectivity index (χ3v) is 3.80. The van der Waals surface area contributed by atoms with Gasteiger partial charge >= 0.3 is 0 Å². The number of guanidine groups is 1. The Morgan fingerprint density at radius 3 is 2.15 bits per heavy atom. The van der Waals surface area contributed by atoms with E-state index in [1.165, 1.54) is 12.1 Å². The molecular weight excluding hydrogens is 278 g/mol. The molecule has 0 aliphatic rings. The highest BCUT2D eigenvalue weighted by Gasteiger charge is 2.24. The molecule has 20 heavy (non-hydrogen) atoms. The fourth-order valence-electron chi connectivity index (χ4n) is 1.76. The van der Waals surface area contributed by atoms with E-state index in [1.807, 2.05) is 20.8 Å². The summed E-state index contributed by atoms with van der Waals surface area (Å²) in [7, 11) is -3.46. The summed E-state index contributed by atoms with van der Waals surface area (Å²) < 4.78 is 23.8. The highest BCUT2D eigenvalue weighted by Crippen LogP contribution is 2.29. The summed E-state index contributed by atoms with van der Waals surface area (Å²) in [5.41, 5.74) is 10.7. The lowest BCUT2D eigenvalue weighted by Crippen LogP contribution is -2.24. The summed E-state index contributed by atoms with van der Waals surface area (Å²) in [6.45, 7) is 5.69. The number of sulfone groups is 1. The molecule has 0 spiro atoms. The van der Waals surface area contributed by atoms with Gasteiger partial charge in [-0.05, 0) is 23.1 Å². The molecular formula is C13H19N3O3S. The molecule has 0 aliphatic carbocycles. The van der Waals surface area contributed by atoms with Crippen LogP contribution < -0.4 is 11.5 Å². The summed E-state index contributed by atoms with van der Waals surface area (Å²) >= 11 is 0. The van der Waals surface area contributed by atoms with Crippen LogP contribution in [-0.2, 0) is 15.3 Å². The minimum atomic E-state index is -3.46. The Bertz CT molecular complexity index is 667. The zero-order valence-corrected chi connectivity index (χ0v) is 12.8. The van der Waals surface area contributed by atoms with Gasteiger partial charge in [0, 0.05) is 11.8 Å². The van der Waals surface area contributed by atoms with Gasteiger partial charge in [0.1, 0.15) is 0 Å². The van der Waals surface area contributed by atoms with Crippen molar-refractivity contribution in [3.63, 3.8) is 0 Å². The molecule has 0 saturated heterocycles. The van der Waals surface area contributed by atoms with Crippen molar-refractivity contribution in [1.29, 1.82) is 0 Å². The molecule has 0 atom stereocenters. The van der Waals surface area contributed by atoms with Crippen LogP contribution in [0.2, 0.25) is 0 Å². The van der Waals surface area contributed by atoms with Crippen LogP contribution in [0.1, 0.15) is 36.7 Å². The van der Waals surface area contributed by atoms with Crippen molar-refractivity contribution in [3.05, 3.63) is 29.3 Å². The molecule has 0 aliphatic heterocycles. The number of rotatable bonds is 2. The van der Waals surface area contributed by atoms with Gasteiger partial charge in [-0.25, -0.2) is 8.42 Å². The SMILES string of the molecule is CC(C)(C)c1ccc(C(=O)N=C(N)N)cc1S(C)(=O)=O. The first-order valence-corrected chi connectivity index (χ1v) is 7.80. The Hall–Kier alpha value is -1.89. The van der Waals surface area contributed by atoms with Crippen molar-refractivity contribution in [3.8, 4) is 0 Å². The predicted molar refractivity (Wildman–Crippen MR) is 78.4 cm³/mol. The van der Waals surface area contributed by atoms with Gasteiger partial charge in [0.15, 0.2) is 15.8 Å². The predicted octanol–water partition coefficient (Wildman–Crippen LogP) is 0.801.